The van der Waals surface area contributed by atoms with E-state index in [0.717, 1.165) is 12.3 Å². The van der Waals surface area contributed by atoms with Crippen molar-refractivity contribution in [3.63, 3.8) is 0 Å². The molecule has 0 bridgehead atoms. The highest BCUT2D eigenvalue weighted by molar-refractivity contribution is 7.99. The summed E-state index contributed by atoms with van der Waals surface area (Å²) in [5, 5.41) is 2.96. The van der Waals surface area contributed by atoms with E-state index >= 15 is 0 Å². The number of aryl methyl sites for hydroxylation is 1. The highest BCUT2D eigenvalue weighted by Gasteiger charge is 2.34. The molecule has 1 aromatic carbocycles. The van der Waals surface area contributed by atoms with Crippen LogP contribution in [0.3, 0.4) is 0 Å². The van der Waals surface area contributed by atoms with Crippen LogP contribution in [0.25, 0.3) is 0 Å². The molecule has 1 aromatic rings. The van der Waals surface area contributed by atoms with E-state index in [0.29, 0.717) is 25.4 Å². The van der Waals surface area contributed by atoms with Crippen LogP contribution >= 0.6 is 11.8 Å². The first-order valence-corrected chi connectivity index (χ1v) is 9.19. The molecule has 1 saturated heterocycles. The fourth-order valence-electron chi connectivity index (χ4n) is 2.69. The Labute approximate surface area is 143 Å². The van der Waals surface area contributed by atoms with Crippen LogP contribution in [-0.4, -0.2) is 42.1 Å². The highest BCUT2D eigenvalue weighted by Crippen LogP contribution is 2.20. The molecule has 0 unspecified atom stereocenters. The first-order valence-electron chi connectivity index (χ1n) is 8.20. The molecule has 0 saturated carbocycles. The van der Waals surface area contributed by atoms with E-state index in [1.54, 1.807) is 11.8 Å². The Hall–Kier alpha value is -1.49. The summed E-state index contributed by atoms with van der Waals surface area (Å²) in [7, 11) is 0. The normalized spacial score (nSPS) is 17.8. The largest absolute Gasteiger partial charge is 0.355 e. The molecule has 0 radical (unpaired) electrons. The van der Waals surface area contributed by atoms with E-state index < -0.39 is 0 Å². The van der Waals surface area contributed by atoms with Crippen molar-refractivity contribution in [2.45, 2.75) is 32.1 Å². The topological polar surface area (TPSA) is 49.4 Å². The molecule has 0 aliphatic carbocycles. The van der Waals surface area contributed by atoms with Crippen molar-refractivity contribution in [1.29, 1.82) is 0 Å². The Balaban J connectivity index is 1.69. The smallest absolute Gasteiger partial charge is 0.225 e. The van der Waals surface area contributed by atoms with Gasteiger partial charge in [-0.15, -0.1) is 11.8 Å². The van der Waals surface area contributed by atoms with E-state index in [2.05, 4.69) is 50.4 Å². The summed E-state index contributed by atoms with van der Waals surface area (Å²) in [4.78, 5) is 27.1. The second kappa shape index (κ2) is 8.39. The molecular weight excluding hydrogens is 308 g/mol. The summed E-state index contributed by atoms with van der Waals surface area (Å²) in [6.07, 6.45) is 0.351. The van der Waals surface area contributed by atoms with E-state index in [9.17, 15) is 9.59 Å². The number of nitrogens with one attached hydrogen (secondary N) is 1. The van der Waals surface area contributed by atoms with Gasteiger partial charge in [0.15, 0.2) is 0 Å². The first kappa shape index (κ1) is 17.9. The van der Waals surface area contributed by atoms with Crippen molar-refractivity contribution in [1.82, 2.24) is 10.2 Å². The van der Waals surface area contributed by atoms with Crippen molar-refractivity contribution >= 4 is 23.6 Å². The quantitative estimate of drug-likeness (QED) is 0.616. The Morgan fingerprint density at radius 2 is 2.04 bits per heavy atom. The van der Waals surface area contributed by atoms with Crippen LogP contribution in [0.2, 0.25) is 0 Å². The number of nitrogens with zero attached hydrogens (tertiary/aromatic N) is 1. The van der Waals surface area contributed by atoms with Gasteiger partial charge in [-0.05, 0) is 25.0 Å². The number of benzene rings is 1. The minimum absolute atomic E-state index is 0.00844. The van der Waals surface area contributed by atoms with Crippen molar-refractivity contribution in [3.05, 3.63) is 29.8 Å². The minimum Gasteiger partial charge on any atom is -0.355 e. The van der Waals surface area contributed by atoms with Gasteiger partial charge in [0.25, 0.3) is 0 Å². The van der Waals surface area contributed by atoms with E-state index in [-0.39, 0.29) is 17.7 Å². The van der Waals surface area contributed by atoms with Gasteiger partial charge in [0.05, 0.1) is 5.92 Å². The molecule has 1 atom stereocenters. The van der Waals surface area contributed by atoms with Gasteiger partial charge in [0.2, 0.25) is 11.8 Å². The lowest BCUT2D eigenvalue weighted by Crippen LogP contribution is -2.35. The van der Waals surface area contributed by atoms with E-state index in [1.165, 1.54) is 10.5 Å². The van der Waals surface area contributed by atoms with Gasteiger partial charge in [-0.2, -0.15) is 0 Å². The molecule has 1 heterocycles. The van der Waals surface area contributed by atoms with Gasteiger partial charge in [0, 0.05) is 36.7 Å². The molecule has 23 heavy (non-hydrogen) atoms. The lowest BCUT2D eigenvalue weighted by atomic mass is 10.1. The second-order valence-electron chi connectivity index (χ2n) is 6.55. The Bertz CT molecular complexity index is 542. The van der Waals surface area contributed by atoms with E-state index in [1.807, 2.05) is 4.90 Å². The van der Waals surface area contributed by atoms with Gasteiger partial charge in [-0.25, -0.2) is 0 Å². The standard InChI is InChI=1S/C18H26N2O2S/c1-13(2)11-20-12-15(10-17(20)21)18(22)19-8-9-23-16-6-4-14(3)5-7-16/h4-7,13,15H,8-12H2,1-3H3,(H,19,22)/t15-/m1/s1. The van der Waals surface area contributed by atoms with Gasteiger partial charge >= 0.3 is 0 Å². The molecule has 2 amide bonds. The summed E-state index contributed by atoms with van der Waals surface area (Å²) in [6.45, 7) is 8.18. The predicted molar refractivity (Wildman–Crippen MR) is 94.4 cm³/mol. The summed E-state index contributed by atoms with van der Waals surface area (Å²) >= 11 is 1.73. The zero-order valence-electron chi connectivity index (χ0n) is 14.2. The fourth-order valence-corrected chi connectivity index (χ4v) is 3.46. The molecule has 126 valence electrons. The zero-order chi connectivity index (χ0) is 16.8. The molecule has 0 aromatic heterocycles. The Morgan fingerprint density at radius 1 is 1.35 bits per heavy atom. The number of carbonyl (C=O) groups is 2. The first-order chi connectivity index (χ1) is 11.0. The highest BCUT2D eigenvalue weighted by atomic mass is 32.2. The molecule has 1 aliphatic heterocycles. The molecule has 5 heteroatoms. The third-order valence-corrected chi connectivity index (χ3v) is 4.88. The van der Waals surface area contributed by atoms with Crippen LogP contribution in [0, 0.1) is 18.8 Å². The van der Waals surface area contributed by atoms with Gasteiger partial charge < -0.3 is 10.2 Å². The molecule has 1 N–H and O–H groups in total. The van der Waals surface area contributed by atoms with Crippen LogP contribution in [0.15, 0.2) is 29.2 Å². The summed E-state index contributed by atoms with van der Waals surface area (Å²) < 4.78 is 0. The average Bonchev–Trinajstić information content (AvgIpc) is 2.86. The monoisotopic (exact) mass is 334 g/mol. The maximum Gasteiger partial charge on any atom is 0.225 e. The average molecular weight is 334 g/mol. The minimum atomic E-state index is -0.189. The van der Waals surface area contributed by atoms with Crippen molar-refractivity contribution in [2.75, 3.05) is 25.4 Å². The third-order valence-electron chi connectivity index (χ3n) is 3.86. The zero-order valence-corrected chi connectivity index (χ0v) is 15.0. The molecule has 2 rings (SSSR count). The number of carbonyl (C=O) groups excluding carboxylic acids is 2. The molecule has 4 nitrogen and oxygen atoms in total. The van der Waals surface area contributed by atoms with Crippen LogP contribution < -0.4 is 5.32 Å². The lowest BCUT2D eigenvalue weighted by molar-refractivity contribution is -0.129. The lowest BCUT2D eigenvalue weighted by Gasteiger charge is -2.18. The fraction of sp³-hybridized carbons (Fsp3) is 0.556. The summed E-state index contributed by atoms with van der Waals surface area (Å²) in [5.41, 5.74) is 1.25. The Morgan fingerprint density at radius 3 is 2.70 bits per heavy atom. The molecule has 0 spiro atoms. The number of hydrogen-bond donors (Lipinski definition) is 1. The predicted octanol–water partition coefficient (Wildman–Crippen LogP) is 2.71. The summed E-state index contributed by atoms with van der Waals surface area (Å²) in [6, 6.07) is 8.38. The van der Waals surface area contributed by atoms with Crippen LogP contribution in [0.4, 0.5) is 0 Å². The molecule has 1 fully saturated rings. The maximum absolute atomic E-state index is 12.2. The van der Waals surface area contributed by atoms with Crippen molar-refractivity contribution < 1.29 is 9.59 Å². The third kappa shape index (κ3) is 5.57. The van der Waals surface area contributed by atoms with E-state index in [4.69, 9.17) is 0 Å². The molecular formula is C18H26N2O2S. The van der Waals surface area contributed by atoms with Gasteiger partial charge in [-0.1, -0.05) is 31.5 Å². The van der Waals surface area contributed by atoms with Crippen molar-refractivity contribution in [3.8, 4) is 0 Å². The number of hydrogen-bond acceptors (Lipinski definition) is 3. The number of thioether (sulfide) groups is 1. The van der Waals surface area contributed by atoms with Gasteiger partial charge in [-0.3, -0.25) is 9.59 Å². The van der Waals surface area contributed by atoms with Crippen LogP contribution in [-0.2, 0) is 9.59 Å². The SMILES string of the molecule is Cc1ccc(SCCNC(=O)[C@@H]2CC(=O)N(CC(C)C)C2)cc1. The van der Waals surface area contributed by atoms with Crippen molar-refractivity contribution in [2.24, 2.45) is 11.8 Å². The van der Waals surface area contributed by atoms with Crippen LogP contribution in [0.5, 0.6) is 0 Å². The Kier molecular flexibility index (Phi) is 6.51. The number of amides is 2. The maximum atomic E-state index is 12.2. The van der Waals surface area contributed by atoms with Crippen LogP contribution in [0.1, 0.15) is 25.8 Å². The number of rotatable bonds is 7. The second-order valence-corrected chi connectivity index (χ2v) is 7.71. The molecule has 1 aliphatic rings. The number of likely N-dealkylation sites (tertiary alicyclic amines) is 1. The summed E-state index contributed by atoms with van der Waals surface area (Å²) in [5.74, 6) is 1.20. The van der Waals surface area contributed by atoms with Gasteiger partial charge in [0.1, 0.15) is 0 Å².